The summed E-state index contributed by atoms with van der Waals surface area (Å²) < 4.78 is 11.4. The van der Waals surface area contributed by atoms with E-state index in [1.54, 1.807) is 24.4 Å². The van der Waals surface area contributed by atoms with Gasteiger partial charge in [0.05, 0.1) is 24.5 Å². The molecular weight excluding hydrogens is 402 g/mol. The lowest BCUT2D eigenvalue weighted by molar-refractivity contribution is 0.247. The van der Waals surface area contributed by atoms with Crippen molar-refractivity contribution in [2.75, 3.05) is 18.5 Å². The van der Waals surface area contributed by atoms with E-state index in [4.69, 9.17) is 21.1 Å². The number of carbonyl (C=O) groups is 1. The number of halogens is 1. The Morgan fingerprint density at radius 1 is 0.933 bits per heavy atom. The number of hydrogen-bond acceptors (Lipinski definition) is 4. The Morgan fingerprint density at radius 3 is 2.53 bits per heavy atom. The summed E-state index contributed by atoms with van der Waals surface area (Å²) >= 11 is 6.05. The maximum absolute atomic E-state index is 11.8. The van der Waals surface area contributed by atoms with Gasteiger partial charge in [-0.2, -0.15) is 5.10 Å². The molecule has 3 rings (SSSR count). The predicted molar refractivity (Wildman–Crippen MR) is 120 cm³/mol. The fraction of sp³-hybridized carbons (Fsp3) is 0.130. The van der Waals surface area contributed by atoms with E-state index < -0.39 is 6.03 Å². The quantitative estimate of drug-likeness (QED) is 0.277. The lowest BCUT2D eigenvalue weighted by Crippen LogP contribution is -2.24. The fourth-order valence-corrected chi connectivity index (χ4v) is 2.71. The molecule has 2 amide bonds. The van der Waals surface area contributed by atoms with Gasteiger partial charge in [-0.25, -0.2) is 10.2 Å². The highest BCUT2D eigenvalue weighted by molar-refractivity contribution is 6.32. The number of benzene rings is 3. The van der Waals surface area contributed by atoms with Crippen molar-refractivity contribution in [3.05, 3.63) is 89.4 Å². The molecule has 0 aliphatic rings. The van der Waals surface area contributed by atoms with Crippen LogP contribution in [-0.4, -0.2) is 25.5 Å². The molecule has 0 heterocycles. The maximum atomic E-state index is 11.8. The summed E-state index contributed by atoms with van der Waals surface area (Å²) in [6.45, 7) is 1.01. The van der Waals surface area contributed by atoms with Gasteiger partial charge in [0.15, 0.2) is 0 Å². The van der Waals surface area contributed by atoms with Crippen molar-refractivity contribution in [3.8, 4) is 11.5 Å². The number of para-hydroxylation sites is 2. The minimum absolute atomic E-state index is 0.414. The molecular formula is C23H22ClN3O3. The predicted octanol–water partition coefficient (Wildman–Crippen LogP) is 5.34. The molecule has 0 aliphatic carbocycles. The molecule has 0 saturated carbocycles. The van der Waals surface area contributed by atoms with E-state index in [9.17, 15) is 4.79 Å². The van der Waals surface area contributed by atoms with Crippen molar-refractivity contribution in [2.24, 2.45) is 5.10 Å². The summed E-state index contributed by atoms with van der Waals surface area (Å²) in [6.07, 6.45) is 2.27. The number of carbonyl (C=O) groups excluding carboxylic acids is 1. The van der Waals surface area contributed by atoms with Crippen molar-refractivity contribution in [1.29, 1.82) is 0 Å². The van der Waals surface area contributed by atoms with E-state index in [1.807, 2.05) is 60.7 Å². The maximum Gasteiger partial charge on any atom is 0.339 e. The molecule has 3 aromatic carbocycles. The summed E-state index contributed by atoms with van der Waals surface area (Å²) in [5, 5.41) is 7.24. The molecule has 3 aromatic rings. The third kappa shape index (κ3) is 7.14. The number of urea groups is 1. The summed E-state index contributed by atoms with van der Waals surface area (Å²) in [7, 11) is 0. The highest BCUT2D eigenvalue weighted by Crippen LogP contribution is 2.23. The number of nitrogens with one attached hydrogen (secondary N) is 2. The van der Waals surface area contributed by atoms with Gasteiger partial charge in [0.2, 0.25) is 0 Å². The lowest BCUT2D eigenvalue weighted by atomic mass is 10.2. The van der Waals surface area contributed by atoms with E-state index in [-0.39, 0.29) is 0 Å². The van der Waals surface area contributed by atoms with Crippen molar-refractivity contribution < 1.29 is 14.3 Å². The SMILES string of the molecule is O=C(N/N=C/c1cccc(OCCCOc2ccccc2Cl)c1)Nc1ccccc1. The Labute approximate surface area is 180 Å². The molecule has 0 spiro atoms. The van der Waals surface area contributed by atoms with Gasteiger partial charge in [-0.3, -0.25) is 0 Å². The molecule has 2 N–H and O–H groups in total. The zero-order chi connectivity index (χ0) is 21.0. The van der Waals surface area contributed by atoms with Crippen LogP contribution in [0, 0.1) is 0 Å². The van der Waals surface area contributed by atoms with Crippen LogP contribution >= 0.6 is 11.6 Å². The topological polar surface area (TPSA) is 72.0 Å². The summed E-state index contributed by atoms with van der Waals surface area (Å²) in [6, 6.07) is 23.5. The molecule has 7 heteroatoms. The molecule has 154 valence electrons. The van der Waals surface area contributed by atoms with Gasteiger partial charge in [-0.15, -0.1) is 0 Å². The van der Waals surface area contributed by atoms with Crippen molar-refractivity contribution >= 4 is 29.5 Å². The van der Waals surface area contributed by atoms with Crippen LogP contribution in [0.25, 0.3) is 0 Å². The number of anilines is 1. The van der Waals surface area contributed by atoms with E-state index >= 15 is 0 Å². The van der Waals surface area contributed by atoms with Gasteiger partial charge < -0.3 is 14.8 Å². The Morgan fingerprint density at radius 2 is 1.70 bits per heavy atom. The Balaban J connectivity index is 1.39. The second kappa shape index (κ2) is 11.5. The molecule has 6 nitrogen and oxygen atoms in total. The summed E-state index contributed by atoms with van der Waals surface area (Å²) in [4.78, 5) is 11.8. The molecule has 0 atom stereocenters. The first kappa shape index (κ1) is 21.2. The highest BCUT2D eigenvalue weighted by Gasteiger charge is 2.01. The van der Waals surface area contributed by atoms with Crippen molar-refractivity contribution in [2.45, 2.75) is 6.42 Å². The first-order valence-corrected chi connectivity index (χ1v) is 9.84. The standard InChI is InChI=1S/C23H22ClN3O3/c24-21-12-4-5-13-22(21)30-15-7-14-29-20-11-6-8-18(16-20)17-25-27-23(28)26-19-9-2-1-3-10-19/h1-6,8-13,16-17H,7,14-15H2,(H2,26,27,28)/b25-17+. The van der Waals surface area contributed by atoms with E-state index in [0.29, 0.717) is 41.8 Å². The summed E-state index contributed by atoms with van der Waals surface area (Å²) in [5.41, 5.74) is 3.93. The van der Waals surface area contributed by atoms with Crippen molar-refractivity contribution in [1.82, 2.24) is 5.43 Å². The average molecular weight is 424 g/mol. The third-order valence-corrected chi connectivity index (χ3v) is 4.23. The minimum atomic E-state index is -0.414. The molecule has 0 aromatic heterocycles. The molecule has 0 aliphatic heterocycles. The van der Waals surface area contributed by atoms with Crippen LogP contribution in [0.3, 0.4) is 0 Å². The van der Waals surface area contributed by atoms with Crippen molar-refractivity contribution in [3.63, 3.8) is 0 Å². The molecule has 0 unspecified atom stereocenters. The van der Waals surface area contributed by atoms with E-state index in [0.717, 1.165) is 5.56 Å². The number of hydrazone groups is 1. The van der Waals surface area contributed by atoms with Gasteiger partial charge in [0, 0.05) is 12.1 Å². The lowest BCUT2D eigenvalue weighted by Gasteiger charge is -2.09. The van der Waals surface area contributed by atoms with E-state index in [1.165, 1.54) is 0 Å². The molecule has 0 fully saturated rings. The first-order chi connectivity index (χ1) is 14.7. The fourth-order valence-electron chi connectivity index (χ4n) is 2.52. The van der Waals surface area contributed by atoms with Gasteiger partial charge in [0.1, 0.15) is 11.5 Å². The van der Waals surface area contributed by atoms with Crippen LogP contribution in [0.4, 0.5) is 10.5 Å². The zero-order valence-corrected chi connectivity index (χ0v) is 17.0. The second-order valence-electron chi connectivity index (χ2n) is 6.24. The zero-order valence-electron chi connectivity index (χ0n) is 16.3. The average Bonchev–Trinajstić information content (AvgIpc) is 2.76. The monoisotopic (exact) mass is 423 g/mol. The van der Waals surface area contributed by atoms with Crippen LogP contribution in [0.1, 0.15) is 12.0 Å². The Hall–Kier alpha value is -3.51. The van der Waals surface area contributed by atoms with E-state index in [2.05, 4.69) is 15.8 Å². The number of rotatable bonds is 9. The van der Waals surface area contributed by atoms with Gasteiger partial charge >= 0.3 is 6.03 Å². The van der Waals surface area contributed by atoms with Crippen LogP contribution in [0.2, 0.25) is 5.02 Å². The largest absolute Gasteiger partial charge is 0.493 e. The first-order valence-electron chi connectivity index (χ1n) is 9.46. The van der Waals surface area contributed by atoms with Crippen LogP contribution < -0.4 is 20.2 Å². The normalized spacial score (nSPS) is 10.6. The number of hydrogen-bond donors (Lipinski definition) is 2. The molecule has 0 radical (unpaired) electrons. The minimum Gasteiger partial charge on any atom is -0.493 e. The highest BCUT2D eigenvalue weighted by atomic mass is 35.5. The van der Waals surface area contributed by atoms with Crippen LogP contribution in [0.5, 0.6) is 11.5 Å². The third-order valence-electron chi connectivity index (χ3n) is 3.92. The van der Waals surface area contributed by atoms with Gasteiger partial charge in [-0.05, 0) is 42.0 Å². The molecule has 0 saturated heterocycles. The molecule has 30 heavy (non-hydrogen) atoms. The number of amides is 2. The van der Waals surface area contributed by atoms with Gasteiger partial charge in [0.25, 0.3) is 0 Å². The summed E-state index contributed by atoms with van der Waals surface area (Å²) in [5.74, 6) is 1.38. The molecule has 0 bridgehead atoms. The number of ether oxygens (including phenoxy) is 2. The van der Waals surface area contributed by atoms with Crippen LogP contribution in [0.15, 0.2) is 84.0 Å². The smallest absolute Gasteiger partial charge is 0.339 e. The van der Waals surface area contributed by atoms with Gasteiger partial charge in [-0.1, -0.05) is 54.1 Å². The number of nitrogens with zero attached hydrogens (tertiary/aromatic N) is 1. The Kier molecular flexibility index (Phi) is 8.12. The second-order valence-corrected chi connectivity index (χ2v) is 6.65. The van der Waals surface area contributed by atoms with Crippen LogP contribution in [-0.2, 0) is 0 Å². The Bertz CT molecular complexity index is 980.